The van der Waals surface area contributed by atoms with Crippen molar-refractivity contribution in [2.45, 2.75) is 19.3 Å². The van der Waals surface area contributed by atoms with E-state index in [9.17, 15) is 9.59 Å². The molecule has 120 valence electrons. The molecule has 1 aromatic heterocycles. The molecule has 1 saturated heterocycles. The number of anilines is 2. The van der Waals surface area contributed by atoms with Crippen LogP contribution in [-0.4, -0.2) is 28.8 Å². The van der Waals surface area contributed by atoms with Crippen LogP contribution in [0.2, 0.25) is 0 Å². The first kappa shape index (κ1) is 15.3. The van der Waals surface area contributed by atoms with Gasteiger partial charge in [0.2, 0.25) is 0 Å². The molecule has 0 radical (unpaired) electrons. The average Bonchev–Trinajstić information content (AvgIpc) is 2.59. The highest BCUT2D eigenvalue weighted by molar-refractivity contribution is 6.02. The summed E-state index contributed by atoms with van der Waals surface area (Å²) in [5, 5.41) is 6.74. The summed E-state index contributed by atoms with van der Waals surface area (Å²) in [4.78, 5) is 25.8. The van der Waals surface area contributed by atoms with E-state index in [0.29, 0.717) is 5.69 Å². The number of hydrogen-bond acceptors (Lipinski definition) is 4. The van der Waals surface area contributed by atoms with Crippen molar-refractivity contribution in [1.29, 1.82) is 0 Å². The Bertz CT molecular complexity index is 746. The first-order valence-corrected chi connectivity index (χ1v) is 7.84. The molecule has 1 amide bonds. The fraction of sp³-hybridized carbons (Fsp3) is 0.353. The third kappa shape index (κ3) is 3.59. The van der Waals surface area contributed by atoms with Gasteiger partial charge in [-0.05, 0) is 49.6 Å². The molecule has 2 aromatic rings. The van der Waals surface area contributed by atoms with Gasteiger partial charge in [-0.25, -0.2) is 4.68 Å². The highest BCUT2D eigenvalue weighted by Crippen LogP contribution is 2.21. The number of carbonyl (C=O) groups is 1. The van der Waals surface area contributed by atoms with Gasteiger partial charge in [-0.2, -0.15) is 5.10 Å². The second-order valence-corrected chi connectivity index (χ2v) is 5.73. The van der Waals surface area contributed by atoms with Gasteiger partial charge in [0.05, 0.1) is 0 Å². The average molecular weight is 312 g/mol. The third-order valence-electron chi connectivity index (χ3n) is 4.04. The number of nitrogens with one attached hydrogen (secondary N) is 1. The lowest BCUT2D eigenvalue weighted by Crippen LogP contribution is -2.29. The number of hydrogen-bond donors (Lipinski definition) is 1. The van der Waals surface area contributed by atoms with Crippen LogP contribution in [0.1, 0.15) is 29.8 Å². The quantitative estimate of drug-likeness (QED) is 0.941. The van der Waals surface area contributed by atoms with Gasteiger partial charge in [-0.15, -0.1) is 0 Å². The molecule has 1 aromatic carbocycles. The summed E-state index contributed by atoms with van der Waals surface area (Å²) in [7, 11) is 1.52. The molecular formula is C17H20N4O2. The molecule has 6 nitrogen and oxygen atoms in total. The van der Waals surface area contributed by atoms with Crippen molar-refractivity contribution >= 4 is 17.3 Å². The van der Waals surface area contributed by atoms with E-state index < -0.39 is 0 Å². The molecule has 0 saturated carbocycles. The predicted octanol–water partition coefficient (Wildman–Crippen LogP) is 2.02. The van der Waals surface area contributed by atoms with Crippen LogP contribution in [0.15, 0.2) is 41.2 Å². The molecule has 3 rings (SSSR count). The molecule has 6 heteroatoms. The Morgan fingerprint density at radius 1 is 1.04 bits per heavy atom. The largest absolute Gasteiger partial charge is 0.372 e. The third-order valence-corrected chi connectivity index (χ3v) is 4.04. The molecule has 1 fully saturated rings. The number of amides is 1. The molecule has 0 bridgehead atoms. The van der Waals surface area contributed by atoms with Gasteiger partial charge in [0.1, 0.15) is 5.69 Å². The number of nitrogens with zero attached hydrogens (tertiary/aromatic N) is 3. The van der Waals surface area contributed by atoms with Crippen LogP contribution in [-0.2, 0) is 7.05 Å². The number of rotatable bonds is 3. The van der Waals surface area contributed by atoms with Gasteiger partial charge < -0.3 is 10.2 Å². The molecule has 0 spiro atoms. The Balaban J connectivity index is 1.68. The lowest BCUT2D eigenvalue weighted by molar-refractivity contribution is 0.102. The fourth-order valence-electron chi connectivity index (χ4n) is 2.73. The topological polar surface area (TPSA) is 67.2 Å². The van der Waals surface area contributed by atoms with Crippen molar-refractivity contribution in [2.24, 2.45) is 7.05 Å². The number of aryl methyl sites for hydroxylation is 1. The second kappa shape index (κ2) is 6.64. The molecule has 23 heavy (non-hydrogen) atoms. The minimum absolute atomic E-state index is 0.215. The zero-order valence-corrected chi connectivity index (χ0v) is 13.2. The van der Waals surface area contributed by atoms with Crippen molar-refractivity contribution in [2.75, 3.05) is 23.3 Å². The highest BCUT2D eigenvalue weighted by atomic mass is 16.2. The Hall–Kier alpha value is -2.63. The Morgan fingerprint density at radius 3 is 2.39 bits per heavy atom. The van der Waals surface area contributed by atoms with E-state index in [1.807, 2.05) is 24.3 Å². The molecule has 1 aliphatic rings. The summed E-state index contributed by atoms with van der Waals surface area (Å²) in [5.41, 5.74) is 1.87. The van der Waals surface area contributed by atoms with Crippen molar-refractivity contribution in [3.8, 4) is 0 Å². The van der Waals surface area contributed by atoms with Gasteiger partial charge in [-0.1, -0.05) is 0 Å². The van der Waals surface area contributed by atoms with Gasteiger partial charge in [-0.3, -0.25) is 9.59 Å². The summed E-state index contributed by atoms with van der Waals surface area (Å²) in [6, 6.07) is 10.6. The fourth-order valence-corrected chi connectivity index (χ4v) is 2.73. The van der Waals surface area contributed by atoms with Gasteiger partial charge in [0.15, 0.2) is 0 Å². The zero-order valence-electron chi connectivity index (χ0n) is 13.2. The van der Waals surface area contributed by atoms with Crippen LogP contribution in [0.4, 0.5) is 11.4 Å². The summed E-state index contributed by atoms with van der Waals surface area (Å²) in [5.74, 6) is -0.327. The minimum atomic E-state index is -0.327. The molecule has 2 heterocycles. The SMILES string of the molecule is Cn1nc(C(=O)Nc2ccc(N3CCCCC3)cc2)ccc1=O. The lowest BCUT2D eigenvalue weighted by atomic mass is 10.1. The maximum absolute atomic E-state index is 12.2. The van der Waals surface area contributed by atoms with E-state index in [0.717, 1.165) is 17.8 Å². The molecule has 1 N–H and O–H groups in total. The zero-order chi connectivity index (χ0) is 16.2. The van der Waals surface area contributed by atoms with Gasteiger partial charge >= 0.3 is 0 Å². The van der Waals surface area contributed by atoms with E-state index in [4.69, 9.17) is 0 Å². The highest BCUT2D eigenvalue weighted by Gasteiger charge is 2.12. The summed E-state index contributed by atoms with van der Waals surface area (Å²) in [6.07, 6.45) is 3.77. The van der Waals surface area contributed by atoms with E-state index in [1.54, 1.807) is 0 Å². The van der Waals surface area contributed by atoms with Crippen molar-refractivity contribution in [3.63, 3.8) is 0 Å². The Labute approximate surface area is 134 Å². The van der Waals surface area contributed by atoms with E-state index >= 15 is 0 Å². The molecular weight excluding hydrogens is 292 g/mol. The summed E-state index contributed by atoms with van der Waals surface area (Å²) in [6.45, 7) is 2.18. The van der Waals surface area contributed by atoms with E-state index in [2.05, 4.69) is 15.3 Å². The van der Waals surface area contributed by atoms with Crippen LogP contribution >= 0.6 is 0 Å². The predicted molar refractivity (Wildman–Crippen MR) is 89.9 cm³/mol. The summed E-state index contributed by atoms with van der Waals surface area (Å²) >= 11 is 0. The maximum atomic E-state index is 12.2. The first-order chi connectivity index (χ1) is 11.1. The second-order valence-electron chi connectivity index (χ2n) is 5.73. The smallest absolute Gasteiger partial charge is 0.276 e. The van der Waals surface area contributed by atoms with Crippen LogP contribution in [0, 0.1) is 0 Å². The standard InChI is InChI=1S/C17H20N4O2/c1-20-16(22)10-9-15(19-20)17(23)18-13-5-7-14(8-6-13)21-11-3-2-4-12-21/h5-10H,2-4,11-12H2,1H3,(H,18,23). The van der Waals surface area contributed by atoms with E-state index in [1.165, 1.54) is 44.1 Å². The lowest BCUT2D eigenvalue weighted by Gasteiger charge is -2.28. The van der Waals surface area contributed by atoms with Crippen LogP contribution in [0.3, 0.4) is 0 Å². The number of carbonyl (C=O) groups excluding carboxylic acids is 1. The number of benzene rings is 1. The van der Waals surface area contributed by atoms with Crippen molar-refractivity contribution in [1.82, 2.24) is 9.78 Å². The molecule has 1 aliphatic heterocycles. The maximum Gasteiger partial charge on any atom is 0.276 e. The molecule has 0 atom stereocenters. The molecule has 0 aliphatic carbocycles. The van der Waals surface area contributed by atoms with E-state index in [-0.39, 0.29) is 17.2 Å². The number of piperidine rings is 1. The summed E-state index contributed by atoms with van der Waals surface area (Å²) < 4.78 is 1.15. The van der Waals surface area contributed by atoms with Crippen LogP contribution < -0.4 is 15.8 Å². The van der Waals surface area contributed by atoms with Crippen molar-refractivity contribution in [3.05, 3.63) is 52.4 Å². The number of aromatic nitrogens is 2. The van der Waals surface area contributed by atoms with Gasteiger partial charge in [0.25, 0.3) is 11.5 Å². The Kier molecular flexibility index (Phi) is 4.41. The Morgan fingerprint density at radius 2 is 1.74 bits per heavy atom. The van der Waals surface area contributed by atoms with Crippen molar-refractivity contribution < 1.29 is 4.79 Å². The van der Waals surface area contributed by atoms with Crippen LogP contribution in [0.5, 0.6) is 0 Å². The molecule has 0 unspecified atom stereocenters. The first-order valence-electron chi connectivity index (χ1n) is 7.84. The normalized spacial score (nSPS) is 14.6. The minimum Gasteiger partial charge on any atom is -0.372 e. The van der Waals surface area contributed by atoms with Crippen LogP contribution in [0.25, 0.3) is 0 Å². The monoisotopic (exact) mass is 312 g/mol. The van der Waals surface area contributed by atoms with Gasteiger partial charge in [0, 0.05) is 37.6 Å².